The van der Waals surface area contributed by atoms with Gasteiger partial charge < -0.3 is 10.4 Å². The Labute approximate surface area is 120 Å². The summed E-state index contributed by atoms with van der Waals surface area (Å²) in [7, 11) is 0. The van der Waals surface area contributed by atoms with E-state index in [1.54, 1.807) is 0 Å². The molecule has 0 saturated carbocycles. The molecule has 1 aliphatic rings. The van der Waals surface area contributed by atoms with Crippen molar-refractivity contribution in [2.75, 3.05) is 19.6 Å². The van der Waals surface area contributed by atoms with Gasteiger partial charge in [0.05, 0.1) is 15.9 Å². The number of aryl methyl sites for hydroxylation is 2. The molecule has 0 radical (unpaired) electrons. The molecule has 1 atom stereocenters. The second-order valence-electron chi connectivity index (χ2n) is 4.69. The summed E-state index contributed by atoms with van der Waals surface area (Å²) in [6, 6.07) is -0.471. The van der Waals surface area contributed by atoms with E-state index < -0.39 is 12.0 Å². The highest BCUT2D eigenvalue weighted by Crippen LogP contribution is 2.23. The predicted octanol–water partition coefficient (Wildman–Crippen LogP) is 0.832. The Morgan fingerprint density at radius 2 is 2.37 bits per heavy atom. The van der Waals surface area contributed by atoms with E-state index in [4.69, 9.17) is 0 Å². The molecule has 2 N–H and O–H groups in total. The highest BCUT2D eigenvalue weighted by atomic mass is 79.9. The summed E-state index contributed by atoms with van der Waals surface area (Å²) in [4.78, 5) is 13.3. The Morgan fingerprint density at radius 3 is 3.00 bits per heavy atom. The average Bonchev–Trinajstić information content (AvgIpc) is 2.67. The lowest BCUT2D eigenvalue weighted by Gasteiger charge is -2.33. The summed E-state index contributed by atoms with van der Waals surface area (Å²) < 4.78 is 2.91. The number of piperazine rings is 1. The number of carboxylic acid groups (broad SMARTS) is 1. The molecule has 19 heavy (non-hydrogen) atoms. The van der Waals surface area contributed by atoms with Crippen molar-refractivity contribution in [3.05, 3.63) is 15.9 Å². The van der Waals surface area contributed by atoms with Gasteiger partial charge in [0.1, 0.15) is 6.04 Å². The maximum atomic E-state index is 11.3. The number of nitrogens with zero attached hydrogens (tertiary/aromatic N) is 3. The van der Waals surface area contributed by atoms with Gasteiger partial charge in [0, 0.05) is 32.7 Å². The molecule has 2 heterocycles. The van der Waals surface area contributed by atoms with Gasteiger partial charge in [0.2, 0.25) is 0 Å². The van der Waals surface area contributed by atoms with Crippen LogP contribution < -0.4 is 5.32 Å². The number of rotatable bonds is 4. The van der Waals surface area contributed by atoms with E-state index in [9.17, 15) is 9.90 Å². The third-order valence-electron chi connectivity index (χ3n) is 3.45. The van der Waals surface area contributed by atoms with E-state index in [2.05, 4.69) is 26.3 Å². The second-order valence-corrected chi connectivity index (χ2v) is 5.48. The maximum absolute atomic E-state index is 11.3. The molecule has 106 valence electrons. The molecule has 6 nitrogen and oxygen atoms in total. The fraction of sp³-hybridized carbons (Fsp3) is 0.667. The van der Waals surface area contributed by atoms with Crippen molar-refractivity contribution < 1.29 is 9.90 Å². The van der Waals surface area contributed by atoms with Gasteiger partial charge in [-0.15, -0.1) is 0 Å². The lowest BCUT2D eigenvalue weighted by atomic mass is 10.2. The molecule has 1 fully saturated rings. The Bertz CT molecular complexity index is 475. The van der Waals surface area contributed by atoms with Crippen LogP contribution >= 0.6 is 15.9 Å². The minimum atomic E-state index is -0.775. The summed E-state index contributed by atoms with van der Waals surface area (Å²) in [5, 5.41) is 16.8. The first-order chi connectivity index (χ1) is 9.04. The molecule has 1 unspecified atom stereocenters. The minimum absolute atomic E-state index is 0.471. The van der Waals surface area contributed by atoms with Gasteiger partial charge in [0.25, 0.3) is 0 Å². The molecular weight excluding hydrogens is 312 g/mol. The fourth-order valence-electron chi connectivity index (χ4n) is 2.39. The molecule has 0 bridgehead atoms. The van der Waals surface area contributed by atoms with E-state index in [0.717, 1.165) is 35.5 Å². The predicted molar refractivity (Wildman–Crippen MR) is 75.0 cm³/mol. The topological polar surface area (TPSA) is 70.4 Å². The van der Waals surface area contributed by atoms with Gasteiger partial charge in [0.15, 0.2) is 0 Å². The minimum Gasteiger partial charge on any atom is -0.480 e. The Kier molecular flexibility index (Phi) is 4.59. The third-order valence-corrected chi connectivity index (χ3v) is 4.48. The van der Waals surface area contributed by atoms with Crippen molar-refractivity contribution in [2.45, 2.75) is 33.0 Å². The van der Waals surface area contributed by atoms with E-state index in [0.29, 0.717) is 13.1 Å². The van der Waals surface area contributed by atoms with Crippen molar-refractivity contribution >= 4 is 21.9 Å². The van der Waals surface area contributed by atoms with Gasteiger partial charge in [-0.3, -0.25) is 14.4 Å². The van der Waals surface area contributed by atoms with Crippen molar-refractivity contribution in [3.8, 4) is 0 Å². The molecule has 0 aromatic carbocycles. The van der Waals surface area contributed by atoms with Crippen LogP contribution in [0.5, 0.6) is 0 Å². The molecule has 0 aliphatic carbocycles. The van der Waals surface area contributed by atoms with Gasteiger partial charge >= 0.3 is 5.97 Å². The lowest BCUT2D eigenvalue weighted by molar-refractivity contribution is -0.144. The highest BCUT2D eigenvalue weighted by molar-refractivity contribution is 9.10. The molecule has 2 rings (SSSR count). The van der Waals surface area contributed by atoms with Crippen LogP contribution in [-0.2, 0) is 17.9 Å². The zero-order valence-electron chi connectivity index (χ0n) is 11.2. The number of aliphatic carboxylic acids is 1. The second kappa shape index (κ2) is 6.02. The zero-order valence-corrected chi connectivity index (χ0v) is 12.8. The molecule has 1 aromatic heterocycles. The first-order valence-electron chi connectivity index (χ1n) is 6.44. The molecule has 1 aromatic rings. The standard InChI is InChI=1S/C12H19BrN4O2/c1-3-17-10(11(13)8(2)15-17)7-16-5-4-14-6-9(16)12(18)19/h9,14H,3-7H2,1-2H3,(H,18,19). The quantitative estimate of drug-likeness (QED) is 0.855. The Morgan fingerprint density at radius 1 is 1.63 bits per heavy atom. The average molecular weight is 331 g/mol. The van der Waals surface area contributed by atoms with E-state index in [-0.39, 0.29) is 0 Å². The van der Waals surface area contributed by atoms with Gasteiger partial charge in [-0.25, -0.2) is 0 Å². The number of hydrogen-bond donors (Lipinski definition) is 2. The number of hydrogen-bond acceptors (Lipinski definition) is 4. The SMILES string of the molecule is CCn1nc(C)c(Br)c1CN1CCNCC1C(=O)O. The molecule has 7 heteroatoms. The van der Waals surface area contributed by atoms with Crippen LogP contribution in [0.25, 0.3) is 0 Å². The number of halogens is 1. The third kappa shape index (κ3) is 2.98. The summed E-state index contributed by atoms with van der Waals surface area (Å²) in [6.07, 6.45) is 0. The molecule has 0 spiro atoms. The van der Waals surface area contributed by atoms with Gasteiger partial charge in [-0.05, 0) is 29.8 Å². The monoisotopic (exact) mass is 330 g/mol. The zero-order chi connectivity index (χ0) is 14.0. The van der Waals surface area contributed by atoms with Crippen molar-refractivity contribution in [3.63, 3.8) is 0 Å². The van der Waals surface area contributed by atoms with E-state index in [1.165, 1.54) is 0 Å². The normalized spacial score (nSPS) is 20.7. The number of carbonyl (C=O) groups is 1. The summed E-state index contributed by atoms with van der Waals surface area (Å²) >= 11 is 3.55. The number of aromatic nitrogens is 2. The van der Waals surface area contributed by atoms with E-state index >= 15 is 0 Å². The van der Waals surface area contributed by atoms with Crippen molar-refractivity contribution in [1.29, 1.82) is 0 Å². The summed E-state index contributed by atoms with van der Waals surface area (Å²) in [5.41, 5.74) is 1.99. The smallest absolute Gasteiger partial charge is 0.322 e. The first kappa shape index (κ1) is 14.5. The fourth-order valence-corrected chi connectivity index (χ4v) is 2.80. The van der Waals surface area contributed by atoms with Gasteiger partial charge in [-0.2, -0.15) is 5.10 Å². The van der Waals surface area contributed by atoms with E-state index in [1.807, 2.05) is 23.4 Å². The van der Waals surface area contributed by atoms with Crippen LogP contribution in [0.3, 0.4) is 0 Å². The van der Waals surface area contributed by atoms with Crippen LogP contribution in [0.2, 0.25) is 0 Å². The molecule has 1 saturated heterocycles. The largest absolute Gasteiger partial charge is 0.480 e. The molecule has 0 amide bonds. The molecule has 1 aliphatic heterocycles. The first-order valence-corrected chi connectivity index (χ1v) is 7.23. The number of carboxylic acids is 1. The van der Waals surface area contributed by atoms with Gasteiger partial charge in [-0.1, -0.05) is 0 Å². The summed E-state index contributed by atoms with van der Waals surface area (Å²) in [5.74, 6) is -0.775. The van der Waals surface area contributed by atoms with Crippen molar-refractivity contribution in [2.24, 2.45) is 0 Å². The van der Waals surface area contributed by atoms with Crippen molar-refractivity contribution in [1.82, 2.24) is 20.0 Å². The number of nitrogens with one attached hydrogen (secondary N) is 1. The maximum Gasteiger partial charge on any atom is 0.322 e. The Balaban J connectivity index is 2.21. The van der Waals surface area contributed by atoms with Crippen LogP contribution in [0.1, 0.15) is 18.3 Å². The highest BCUT2D eigenvalue weighted by Gasteiger charge is 2.29. The van der Waals surface area contributed by atoms with Crippen LogP contribution in [0.15, 0.2) is 4.47 Å². The van der Waals surface area contributed by atoms with Crippen LogP contribution in [-0.4, -0.2) is 51.4 Å². The van der Waals surface area contributed by atoms with Crippen LogP contribution in [0, 0.1) is 6.92 Å². The Hall–Kier alpha value is -0.920. The molecular formula is C12H19BrN4O2. The van der Waals surface area contributed by atoms with Crippen LogP contribution in [0.4, 0.5) is 0 Å². The lowest BCUT2D eigenvalue weighted by Crippen LogP contribution is -2.54. The summed E-state index contributed by atoms with van der Waals surface area (Å²) in [6.45, 7) is 7.42.